The first-order chi connectivity index (χ1) is 20.0. The van der Waals surface area contributed by atoms with Gasteiger partial charge >= 0.3 is 12.2 Å². The number of halogens is 3. The average molecular weight is 594 g/mol. The van der Waals surface area contributed by atoms with Gasteiger partial charge in [-0.2, -0.15) is 18.2 Å². The van der Waals surface area contributed by atoms with E-state index in [4.69, 9.17) is 4.74 Å². The molecular formula is C30H26F3N5O3S. The topological polar surface area (TPSA) is 88.8 Å². The number of imidazole rings is 1. The number of anilines is 2. The molecule has 4 aromatic rings. The minimum atomic E-state index is -4.40. The Balaban J connectivity index is 1.29. The Labute approximate surface area is 244 Å². The number of amidine groups is 1. The lowest BCUT2D eigenvalue weighted by molar-refractivity contribution is -0.137. The first-order valence-electron chi connectivity index (χ1n) is 12.8. The number of aryl methyl sites for hydroxylation is 1. The highest BCUT2D eigenvalue weighted by atomic mass is 32.2. The lowest BCUT2D eigenvalue weighted by atomic mass is 10.0. The van der Waals surface area contributed by atoms with Gasteiger partial charge in [-0.15, -0.1) is 0 Å². The minimum absolute atomic E-state index is 0.161. The molecule has 216 valence electrons. The molecule has 1 unspecified atom stereocenters. The van der Waals surface area contributed by atoms with Crippen LogP contribution in [0.15, 0.2) is 84.2 Å². The van der Waals surface area contributed by atoms with Gasteiger partial charge in [0.1, 0.15) is 0 Å². The molecule has 1 aliphatic rings. The normalized spacial score (nSPS) is 15.3. The highest BCUT2D eigenvalue weighted by molar-refractivity contribution is 8.15. The van der Waals surface area contributed by atoms with Crippen molar-refractivity contribution in [2.24, 2.45) is 4.99 Å². The maximum Gasteiger partial charge on any atom is 0.416 e. The lowest BCUT2D eigenvalue weighted by Gasteiger charge is -2.23. The number of nitrogens with one attached hydrogen (secondary N) is 1. The Morgan fingerprint density at radius 2 is 1.81 bits per heavy atom. The second kappa shape index (κ2) is 11.8. The molecule has 3 aromatic carbocycles. The van der Waals surface area contributed by atoms with Crippen LogP contribution in [-0.2, 0) is 15.7 Å². The SMILES string of the molecule is COC(C)c1ccc(C)cc1N1C(=O)CSC1=NC(=O)Nc1ccc(-c2cn(-c3ccc(C(F)(F)F)cc3)cn2)cc1. The van der Waals surface area contributed by atoms with Gasteiger partial charge in [0.2, 0.25) is 5.91 Å². The van der Waals surface area contributed by atoms with Crippen molar-refractivity contribution in [3.8, 4) is 16.9 Å². The van der Waals surface area contributed by atoms with Gasteiger partial charge in [0.05, 0.1) is 35.1 Å². The van der Waals surface area contributed by atoms with E-state index in [1.165, 1.54) is 35.1 Å². The highest BCUT2D eigenvalue weighted by Crippen LogP contribution is 2.35. The first-order valence-corrected chi connectivity index (χ1v) is 13.8. The molecule has 1 aromatic heterocycles. The molecule has 8 nitrogen and oxygen atoms in total. The fourth-order valence-corrected chi connectivity index (χ4v) is 5.26. The number of methoxy groups -OCH3 is 1. The van der Waals surface area contributed by atoms with Gasteiger partial charge in [0.25, 0.3) is 0 Å². The summed E-state index contributed by atoms with van der Waals surface area (Å²) in [4.78, 5) is 35.6. The van der Waals surface area contributed by atoms with E-state index in [1.54, 1.807) is 42.1 Å². The van der Waals surface area contributed by atoms with Crippen LogP contribution >= 0.6 is 11.8 Å². The van der Waals surface area contributed by atoms with Crippen LogP contribution in [0.5, 0.6) is 0 Å². The minimum Gasteiger partial charge on any atom is -0.377 e. The smallest absolute Gasteiger partial charge is 0.377 e. The summed E-state index contributed by atoms with van der Waals surface area (Å²) in [6, 6.07) is 16.8. The quantitative estimate of drug-likeness (QED) is 0.255. The van der Waals surface area contributed by atoms with Crippen molar-refractivity contribution in [2.45, 2.75) is 26.1 Å². The van der Waals surface area contributed by atoms with Crippen molar-refractivity contribution < 1.29 is 27.5 Å². The molecule has 1 fully saturated rings. The zero-order valence-electron chi connectivity index (χ0n) is 22.8. The molecule has 1 saturated heterocycles. The van der Waals surface area contributed by atoms with E-state index in [0.717, 1.165) is 28.8 Å². The number of aliphatic imine (C=N–C) groups is 1. The zero-order valence-corrected chi connectivity index (χ0v) is 23.7. The summed E-state index contributed by atoms with van der Waals surface area (Å²) in [6.07, 6.45) is -1.45. The number of aromatic nitrogens is 2. The third-order valence-electron chi connectivity index (χ3n) is 6.69. The van der Waals surface area contributed by atoms with Crippen LogP contribution in [0, 0.1) is 6.92 Å². The van der Waals surface area contributed by atoms with Crippen LogP contribution in [0.25, 0.3) is 16.9 Å². The van der Waals surface area contributed by atoms with E-state index in [9.17, 15) is 22.8 Å². The zero-order chi connectivity index (χ0) is 30.0. The van der Waals surface area contributed by atoms with Crippen molar-refractivity contribution in [1.82, 2.24) is 9.55 Å². The number of hydrogen-bond acceptors (Lipinski definition) is 5. The summed E-state index contributed by atoms with van der Waals surface area (Å²) in [6.45, 7) is 3.80. The van der Waals surface area contributed by atoms with E-state index in [1.807, 2.05) is 32.0 Å². The van der Waals surface area contributed by atoms with Crippen LogP contribution in [-0.4, -0.2) is 39.5 Å². The Morgan fingerprint density at radius 3 is 2.48 bits per heavy atom. The summed E-state index contributed by atoms with van der Waals surface area (Å²) in [5.41, 5.74) is 4.04. The van der Waals surface area contributed by atoms with Crippen molar-refractivity contribution in [3.63, 3.8) is 0 Å². The molecule has 5 rings (SSSR count). The van der Waals surface area contributed by atoms with Gasteiger partial charge in [0, 0.05) is 35.8 Å². The average Bonchev–Trinajstić information content (AvgIpc) is 3.59. The molecule has 2 heterocycles. The predicted molar refractivity (Wildman–Crippen MR) is 157 cm³/mol. The number of thioether (sulfide) groups is 1. The molecule has 0 bridgehead atoms. The van der Waals surface area contributed by atoms with E-state index in [0.29, 0.717) is 22.8 Å². The summed E-state index contributed by atoms with van der Waals surface area (Å²) in [5.74, 6) is -0.0175. The fraction of sp³-hybridized carbons (Fsp3) is 0.200. The van der Waals surface area contributed by atoms with Crippen LogP contribution in [0.4, 0.5) is 29.3 Å². The molecule has 0 aliphatic carbocycles. The van der Waals surface area contributed by atoms with Crippen molar-refractivity contribution in [1.29, 1.82) is 0 Å². The number of amides is 3. The Bertz CT molecular complexity index is 1650. The summed E-state index contributed by atoms with van der Waals surface area (Å²) >= 11 is 1.19. The maximum absolute atomic E-state index is 12.9. The Kier molecular flexibility index (Phi) is 8.19. The highest BCUT2D eigenvalue weighted by Gasteiger charge is 2.33. The van der Waals surface area contributed by atoms with Gasteiger partial charge in [-0.3, -0.25) is 9.69 Å². The van der Waals surface area contributed by atoms with Gasteiger partial charge in [-0.05, 0) is 61.9 Å². The van der Waals surface area contributed by atoms with Crippen molar-refractivity contribution in [3.05, 3.63) is 95.9 Å². The van der Waals surface area contributed by atoms with Gasteiger partial charge < -0.3 is 14.6 Å². The van der Waals surface area contributed by atoms with E-state index in [2.05, 4.69) is 15.3 Å². The number of rotatable bonds is 6. The number of benzene rings is 3. The van der Waals surface area contributed by atoms with Crippen LogP contribution in [0.1, 0.15) is 29.7 Å². The van der Waals surface area contributed by atoms with Crippen LogP contribution < -0.4 is 10.2 Å². The fourth-order valence-electron chi connectivity index (χ4n) is 4.40. The molecular weight excluding hydrogens is 567 g/mol. The molecule has 1 N–H and O–H groups in total. The molecule has 1 aliphatic heterocycles. The molecule has 3 amide bonds. The molecule has 42 heavy (non-hydrogen) atoms. The van der Waals surface area contributed by atoms with E-state index in [-0.39, 0.29) is 22.9 Å². The summed E-state index contributed by atoms with van der Waals surface area (Å²) in [5, 5.41) is 3.00. The third-order valence-corrected chi connectivity index (χ3v) is 7.61. The summed E-state index contributed by atoms with van der Waals surface area (Å²) < 4.78 is 45.7. The van der Waals surface area contributed by atoms with Gasteiger partial charge in [-0.1, -0.05) is 36.0 Å². The number of ether oxygens (including phenoxy) is 1. The van der Waals surface area contributed by atoms with Gasteiger partial charge in [-0.25, -0.2) is 9.78 Å². The largest absolute Gasteiger partial charge is 0.416 e. The standard InChI is InChI=1S/C30H26F3N5O3S/c1-18-4-13-24(19(2)41-3)26(14-18)38-27(39)16-42-29(38)36-28(40)35-22-9-5-20(6-10-22)25-15-37(17-34-25)23-11-7-21(8-12-23)30(31,32)33/h4-15,17,19H,16H2,1-3H3,(H,35,40). The second-order valence-corrected chi connectivity index (χ2v) is 10.5. The summed E-state index contributed by atoms with van der Waals surface area (Å²) in [7, 11) is 1.59. The van der Waals surface area contributed by atoms with Gasteiger partial charge in [0.15, 0.2) is 5.17 Å². The van der Waals surface area contributed by atoms with Crippen molar-refractivity contribution in [2.75, 3.05) is 23.1 Å². The van der Waals surface area contributed by atoms with Crippen molar-refractivity contribution >= 4 is 40.2 Å². The molecule has 12 heteroatoms. The number of alkyl halides is 3. The number of hydrogen-bond donors (Lipinski definition) is 1. The predicted octanol–water partition coefficient (Wildman–Crippen LogP) is 7.24. The molecule has 1 atom stereocenters. The van der Waals surface area contributed by atoms with E-state index >= 15 is 0 Å². The number of urea groups is 1. The van der Waals surface area contributed by atoms with Crippen LogP contribution in [0.3, 0.4) is 0 Å². The Hall–Kier alpha value is -4.42. The molecule has 0 spiro atoms. The first kappa shape index (κ1) is 29.1. The Morgan fingerprint density at radius 1 is 1.10 bits per heavy atom. The molecule has 0 radical (unpaired) electrons. The van der Waals surface area contributed by atoms with Crippen LogP contribution in [0.2, 0.25) is 0 Å². The monoisotopic (exact) mass is 593 g/mol. The molecule has 0 saturated carbocycles. The maximum atomic E-state index is 12.9. The number of carbonyl (C=O) groups is 2. The lowest BCUT2D eigenvalue weighted by Crippen LogP contribution is -2.31. The number of nitrogens with zero attached hydrogens (tertiary/aromatic N) is 4. The number of carbonyl (C=O) groups excluding carboxylic acids is 2. The van der Waals surface area contributed by atoms with E-state index < -0.39 is 17.8 Å². The third kappa shape index (κ3) is 6.24. The second-order valence-electron chi connectivity index (χ2n) is 9.57.